The molecule has 4 atom stereocenters. The zero-order chi connectivity index (χ0) is 19.6. The van der Waals surface area contributed by atoms with Gasteiger partial charge in [0, 0.05) is 27.1 Å². The lowest BCUT2D eigenvalue weighted by Gasteiger charge is -2.31. The second kappa shape index (κ2) is 11.3. The highest BCUT2D eigenvalue weighted by Crippen LogP contribution is 2.37. The number of esters is 2. The largest absolute Gasteiger partial charge is 0.453 e. The van der Waals surface area contributed by atoms with Gasteiger partial charge in [-0.2, -0.15) is 0 Å². The van der Waals surface area contributed by atoms with Crippen LogP contribution in [0.4, 0.5) is 0 Å². The Labute approximate surface area is 156 Å². The predicted octanol–water partition coefficient (Wildman–Crippen LogP) is 2.76. The van der Waals surface area contributed by atoms with E-state index in [0.717, 1.165) is 25.7 Å². The second-order valence-electron chi connectivity index (χ2n) is 6.38. The molecule has 1 fully saturated rings. The van der Waals surface area contributed by atoms with E-state index in [0.29, 0.717) is 13.2 Å². The van der Waals surface area contributed by atoms with Gasteiger partial charge >= 0.3 is 11.9 Å². The monoisotopic (exact) mass is 372 g/mol. The maximum absolute atomic E-state index is 11.6. The minimum Gasteiger partial charge on any atom is -0.453 e. The third kappa shape index (κ3) is 6.37. The van der Waals surface area contributed by atoms with Crippen LogP contribution in [0.25, 0.3) is 0 Å². The number of rotatable bonds is 12. The van der Waals surface area contributed by atoms with Gasteiger partial charge in [-0.1, -0.05) is 32.8 Å². The van der Waals surface area contributed by atoms with E-state index in [1.165, 1.54) is 13.8 Å². The molecule has 0 radical (unpaired) electrons. The molecule has 150 valence electrons. The average molecular weight is 372 g/mol. The summed E-state index contributed by atoms with van der Waals surface area (Å²) < 4.78 is 28.3. The number of hydrogen-bond donors (Lipinski definition) is 0. The molecule has 1 unspecified atom stereocenters. The van der Waals surface area contributed by atoms with Crippen LogP contribution in [0.1, 0.15) is 53.4 Å². The Bertz CT molecular complexity index is 465. The van der Waals surface area contributed by atoms with E-state index in [1.54, 1.807) is 6.08 Å². The van der Waals surface area contributed by atoms with Crippen LogP contribution in [0.5, 0.6) is 0 Å². The summed E-state index contributed by atoms with van der Waals surface area (Å²) in [5, 5.41) is 0. The molecule has 26 heavy (non-hydrogen) atoms. The van der Waals surface area contributed by atoms with Gasteiger partial charge in [-0.15, -0.1) is 6.58 Å². The SMILES string of the molecule is C=C[C@]1(COCCCC)OC(OC(C)=O)[C@H](OC(C)=O)[C@@H]1OCCCC. The maximum Gasteiger partial charge on any atom is 0.305 e. The fourth-order valence-corrected chi connectivity index (χ4v) is 2.74. The standard InChI is InChI=1S/C19H32O7/c1-6-9-11-22-13-19(8-3)17(23-12-10-7-2)16(24-14(4)20)18(26-19)25-15(5)21/h8,16-18H,3,6-7,9-13H2,1-2,4-5H3/t16-,17+,18?,19-/m1/s1. The van der Waals surface area contributed by atoms with Crippen LogP contribution < -0.4 is 0 Å². The number of carbonyl (C=O) groups is 2. The number of ether oxygens (including phenoxy) is 5. The molecule has 0 N–H and O–H groups in total. The summed E-state index contributed by atoms with van der Waals surface area (Å²) in [6.07, 6.45) is 2.65. The molecule has 0 aromatic carbocycles. The van der Waals surface area contributed by atoms with Gasteiger partial charge in [0.1, 0.15) is 11.7 Å². The van der Waals surface area contributed by atoms with Crippen LogP contribution in [-0.2, 0) is 33.3 Å². The Morgan fingerprint density at radius 3 is 2.23 bits per heavy atom. The first-order valence-electron chi connectivity index (χ1n) is 9.25. The Morgan fingerprint density at radius 1 is 1.08 bits per heavy atom. The highest BCUT2D eigenvalue weighted by atomic mass is 16.8. The van der Waals surface area contributed by atoms with Gasteiger partial charge < -0.3 is 23.7 Å². The fraction of sp³-hybridized carbons (Fsp3) is 0.789. The van der Waals surface area contributed by atoms with Crippen molar-refractivity contribution in [2.24, 2.45) is 0 Å². The van der Waals surface area contributed by atoms with Crippen molar-refractivity contribution in [3.63, 3.8) is 0 Å². The Balaban J connectivity index is 3.04. The Kier molecular flexibility index (Phi) is 9.83. The fourth-order valence-electron chi connectivity index (χ4n) is 2.74. The maximum atomic E-state index is 11.6. The minimum atomic E-state index is -1.07. The average Bonchev–Trinajstić information content (AvgIpc) is 2.85. The van der Waals surface area contributed by atoms with Gasteiger partial charge in [-0.05, 0) is 12.8 Å². The first kappa shape index (κ1) is 22.6. The van der Waals surface area contributed by atoms with Crippen molar-refractivity contribution in [1.82, 2.24) is 0 Å². The molecular weight excluding hydrogens is 340 g/mol. The molecule has 0 spiro atoms. The third-order valence-corrected chi connectivity index (χ3v) is 4.08. The van der Waals surface area contributed by atoms with Crippen molar-refractivity contribution in [2.75, 3.05) is 19.8 Å². The van der Waals surface area contributed by atoms with Gasteiger partial charge in [-0.3, -0.25) is 9.59 Å². The van der Waals surface area contributed by atoms with Crippen molar-refractivity contribution >= 4 is 11.9 Å². The zero-order valence-corrected chi connectivity index (χ0v) is 16.3. The van der Waals surface area contributed by atoms with Crippen LogP contribution in [-0.4, -0.2) is 55.9 Å². The zero-order valence-electron chi connectivity index (χ0n) is 16.3. The lowest BCUT2D eigenvalue weighted by molar-refractivity contribution is -0.203. The first-order chi connectivity index (χ1) is 12.4. The normalized spacial score (nSPS) is 27.9. The molecule has 7 heteroatoms. The van der Waals surface area contributed by atoms with Gasteiger partial charge in [0.25, 0.3) is 0 Å². The van der Waals surface area contributed by atoms with E-state index in [-0.39, 0.29) is 6.61 Å². The highest BCUT2D eigenvalue weighted by molar-refractivity contribution is 5.67. The van der Waals surface area contributed by atoms with Crippen LogP contribution in [0.3, 0.4) is 0 Å². The van der Waals surface area contributed by atoms with E-state index in [1.807, 2.05) is 6.92 Å². The minimum absolute atomic E-state index is 0.169. The summed E-state index contributed by atoms with van der Waals surface area (Å²) in [5.74, 6) is -1.04. The summed E-state index contributed by atoms with van der Waals surface area (Å²) in [6, 6.07) is 0. The van der Waals surface area contributed by atoms with Gasteiger partial charge in [0.15, 0.2) is 6.10 Å². The van der Waals surface area contributed by atoms with E-state index in [4.69, 9.17) is 23.7 Å². The van der Waals surface area contributed by atoms with E-state index >= 15 is 0 Å². The first-order valence-corrected chi connectivity index (χ1v) is 9.25. The molecule has 1 aliphatic heterocycles. The molecule has 0 bridgehead atoms. The molecule has 7 nitrogen and oxygen atoms in total. The number of carbonyl (C=O) groups excluding carboxylic acids is 2. The Morgan fingerprint density at radius 2 is 1.69 bits per heavy atom. The summed E-state index contributed by atoms with van der Waals surface area (Å²) in [5.41, 5.74) is -1.07. The molecule has 0 aromatic heterocycles. The number of hydrogen-bond acceptors (Lipinski definition) is 7. The van der Waals surface area contributed by atoms with E-state index < -0.39 is 36.0 Å². The lowest BCUT2D eigenvalue weighted by atomic mass is 9.95. The smallest absolute Gasteiger partial charge is 0.305 e. The highest BCUT2D eigenvalue weighted by Gasteiger charge is 2.58. The Hall–Kier alpha value is -1.44. The summed E-state index contributed by atoms with van der Waals surface area (Å²) >= 11 is 0. The van der Waals surface area contributed by atoms with Crippen LogP contribution in [0.15, 0.2) is 12.7 Å². The lowest BCUT2D eigenvalue weighted by Crippen LogP contribution is -2.48. The molecule has 0 saturated carbocycles. The second-order valence-corrected chi connectivity index (χ2v) is 6.38. The molecule has 0 amide bonds. The molecule has 1 heterocycles. The molecule has 1 rings (SSSR count). The van der Waals surface area contributed by atoms with Crippen molar-refractivity contribution in [3.8, 4) is 0 Å². The van der Waals surface area contributed by atoms with Crippen LogP contribution >= 0.6 is 0 Å². The van der Waals surface area contributed by atoms with Crippen LogP contribution in [0.2, 0.25) is 0 Å². The molecule has 1 saturated heterocycles. The third-order valence-electron chi connectivity index (χ3n) is 4.08. The van der Waals surface area contributed by atoms with Crippen molar-refractivity contribution in [1.29, 1.82) is 0 Å². The van der Waals surface area contributed by atoms with Crippen molar-refractivity contribution < 1.29 is 33.3 Å². The molecule has 0 aliphatic carbocycles. The predicted molar refractivity (Wildman–Crippen MR) is 95.5 cm³/mol. The van der Waals surface area contributed by atoms with Gasteiger partial charge in [0.05, 0.1) is 6.61 Å². The molecular formula is C19H32O7. The summed E-state index contributed by atoms with van der Waals surface area (Å²) in [4.78, 5) is 23.0. The summed E-state index contributed by atoms with van der Waals surface area (Å²) in [7, 11) is 0. The van der Waals surface area contributed by atoms with Crippen molar-refractivity contribution in [3.05, 3.63) is 12.7 Å². The topological polar surface area (TPSA) is 80.3 Å². The van der Waals surface area contributed by atoms with Gasteiger partial charge in [0.2, 0.25) is 6.29 Å². The number of unbranched alkanes of at least 4 members (excludes halogenated alkanes) is 2. The van der Waals surface area contributed by atoms with Crippen molar-refractivity contribution in [2.45, 2.75) is 77.5 Å². The summed E-state index contributed by atoms with van der Waals surface area (Å²) in [6.45, 7) is 11.7. The van der Waals surface area contributed by atoms with Crippen LogP contribution in [0, 0.1) is 0 Å². The van der Waals surface area contributed by atoms with Gasteiger partial charge in [-0.25, -0.2) is 0 Å². The van der Waals surface area contributed by atoms with E-state index in [2.05, 4.69) is 13.5 Å². The quantitative estimate of drug-likeness (QED) is 0.296. The molecule has 1 aliphatic rings. The molecule has 0 aromatic rings. The van der Waals surface area contributed by atoms with E-state index in [9.17, 15) is 9.59 Å².